The maximum absolute atomic E-state index is 5.93. The molecule has 74 valence electrons. The van der Waals surface area contributed by atoms with E-state index in [1.54, 1.807) is 11.3 Å². The molecule has 2 atom stereocenters. The second-order valence-electron chi connectivity index (χ2n) is 2.93. The number of fused-ring (bicyclic) bond motifs is 1. The quantitative estimate of drug-likeness (QED) is 0.757. The van der Waals surface area contributed by atoms with Crippen molar-refractivity contribution >= 4 is 55.6 Å². The van der Waals surface area contributed by atoms with Crippen molar-refractivity contribution in [1.82, 2.24) is 0 Å². The Morgan fingerprint density at radius 3 is 1.85 bits per heavy atom. The summed E-state index contributed by atoms with van der Waals surface area (Å²) in [5.41, 5.74) is 14.2. The predicted molar refractivity (Wildman–Crippen MR) is 65.4 cm³/mol. The van der Waals surface area contributed by atoms with E-state index in [1.165, 1.54) is 11.1 Å². The molecule has 2 unspecified atom stereocenters. The first kappa shape index (κ1) is 11.9. The molecule has 2 nitrogen and oxygen atoms in total. The summed E-state index contributed by atoms with van der Waals surface area (Å²) >= 11 is 8.63. The first-order chi connectivity index (χ1) is 5.61. The van der Waals surface area contributed by atoms with Crippen LogP contribution in [0.3, 0.4) is 0 Å². The Kier molecular flexibility index (Phi) is 3.82. The van der Waals surface area contributed by atoms with Crippen LogP contribution < -0.4 is 11.5 Å². The minimum Gasteiger partial charge on any atom is -0.324 e. The molecule has 1 aliphatic carbocycles. The third kappa shape index (κ3) is 1.82. The minimum absolute atomic E-state index is 0. The van der Waals surface area contributed by atoms with Gasteiger partial charge in [0.25, 0.3) is 0 Å². The highest BCUT2D eigenvalue weighted by atomic mass is 79.9. The number of rotatable bonds is 0. The molecule has 0 saturated carbocycles. The van der Waals surface area contributed by atoms with Crippen molar-refractivity contribution in [3.8, 4) is 0 Å². The van der Waals surface area contributed by atoms with Crippen LogP contribution in [0.15, 0.2) is 7.57 Å². The fraction of sp³-hybridized carbons (Fsp3) is 0.429. The molecule has 0 saturated heterocycles. The van der Waals surface area contributed by atoms with Gasteiger partial charge in [0.05, 0.1) is 7.57 Å². The van der Waals surface area contributed by atoms with Gasteiger partial charge < -0.3 is 11.5 Å². The van der Waals surface area contributed by atoms with Crippen LogP contribution >= 0.6 is 55.6 Å². The van der Waals surface area contributed by atoms with Crippen LogP contribution in [-0.2, 0) is 0 Å². The molecule has 1 aromatic rings. The van der Waals surface area contributed by atoms with E-state index < -0.39 is 0 Å². The van der Waals surface area contributed by atoms with Crippen molar-refractivity contribution < 1.29 is 0 Å². The summed E-state index contributed by atoms with van der Waals surface area (Å²) in [4.78, 5) is 0. The van der Waals surface area contributed by atoms with E-state index in [2.05, 4.69) is 31.9 Å². The standard InChI is InChI=1S/C7H8Br2N2S.ClH/c8-6-4-2(10)1-3(11)5(4)7(9)12-6;/h2-3H,1,10-11H2;1H. The Hall–Kier alpha value is 0.870. The summed E-state index contributed by atoms with van der Waals surface area (Å²) in [6.45, 7) is 0. The minimum atomic E-state index is 0. The van der Waals surface area contributed by atoms with Gasteiger partial charge in [0, 0.05) is 12.1 Å². The van der Waals surface area contributed by atoms with Crippen molar-refractivity contribution in [3.05, 3.63) is 18.7 Å². The van der Waals surface area contributed by atoms with Gasteiger partial charge in [0.1, 0.15) is 0 Å². The highest BCUT2D eigenvalue weighted by Gasteiger charge is 2.32. The molecule has 0 spiro atoms. The average molecular weight is 348 g/mol. The second kappa shape index (κ2) is 4.16. The molecule has 1 aliphatic rings. The summed E-state index contributed by atoms with van der Waals surface area (Å²) in [5, 5.41) is 0. The number of hydrogen-bond donors (Lipinski definition) is 2. The highest BCUT2D eigenvalue weighted by molar-refractivity contribution is 9.12. The van der Waals surface area contributed by atoms with E-state index in [0.717, 1.165) is 14.0 Å². The Morgan fingerprint density at radius 1 is 1.08 bits per heavy atom. The smallest absolute Gasteiger partial charge is 0.0761 e. The number of hydrogen-bond acceptors (Lipinski definition) is 3. The van der Waals surface area contributed by atoms with E-state index >= 15 is 0 Å². The molecule has 1 aromatic heterocycles. The lowest BCUT2D eigenvalue weighted by atomic mass is 10.2. The van der Waals surface area contributed by atoms with Crippen molar-refractivity contribution in [1.29, 1.82) is 0 Å². The lowest BCUT2D eigenvalue weighted by Crippen LogP contribution is -2.09. The molecular weight excluding hydrogens is 339 g/mol. The second-order valence-corrected chi connectivity index (χ2v) is 6.58. The molecule has 0 aromatic carbocycles. The van der Waals surface area contributed by atoms with E-state index in [0.29, 0.717) is 0 Å². The van der Waals surface area contributed by atoms with Gasteiger partial charge >= 0.3 is 0 Å². The van der Waals surface area contributed by atoms with E-state index in [9.17, 15) is 0 Å². The zero-order valence-corrected chi connectivity index (χ0v) is 11.4. The first-order valence-electron chi connectivity index (χ1n) is 3.60. The maximum Gasteiger partial charge on any atom is 0.0761 e. The third-order valence-corrected chi connectivity index (χ3v) is 4.77. The molecular formula is C7H9Br2ClN2S. The van der Waals surface area contributed by atoms with Crippen LogP contribution in [0.2, 0.25) is 0 Å². The molecule has 4 N–H and O–H groups in total. The fourth-order valence-corrected chi connectivity index (χ4v) is 5.14. The summed E-state index contributed by atoms with van der Waals surface area (Å²) in [7, 11) is 0. The topological polar surface area (TPSA) is 52.0 Å². The van der Waals surface area contributed by atoms with Gasteiger partial charge in [-0.15, -0.1) is 23.7 Å². The van der Waals surface area contributed by atoms with Crippen molar-refractivity contribution in [2.45, 2.75) is 18.5 Å². The normalized spacial score (nSPS) is 25.5. The molecule has 13 heavy (non-hydrogen) atoms. The number of thiophene rings is 1. The highest BCUT2D eigenvalue weighted by Crippen LogP contribution is 2.49. The van der Waals surface area contributed by atoms with Crippen molar-refractivity contribution in [2.75, 3.05) is 0 Å². The zero-order valence-electron chi connectivity index (χ0n) is 6.59. The molecule has 0 radical (unpaired) electrons. The zero-order chi connectivity index (χ0) is 8.88. The summed E-state index contributed by atoms with van der Waals surface area (Å²) in [6, 6.07) is 0.207. The van der Waals surface area contributed by atoms with Crippen LogP contribution in [0.4, 0.5) is 0 Å². The summed E-state index contributed by atoms with van der Waals surface area (Å²) in [6.07, 6.45) is 0.857. The monoisotopic (exact) mass is 346 g/mol. The molecule has 0 bridgehead atoms. The fourth-order valence-electron chi connectivity index (χ4n) is 1.60. The van der Waals surface area contributed by atoms with Crippen LogP contribution in [0.1, 0.15) is 29.6 Å². The van der Waals surface area contributed by atoms with E-state index in [-0.39, 0.29) is 24.5 Å². The number of nitrogens with two attached hydrogens (primary N) is 2. The SMILES string of the molecule is Cl.NC1CC(N)c2c(Br)sc(Br)c21. The molecule has 0 fully saturated rings. The van der Waals surface area contributed by atoms with E-state index in [1.807, 2.05) is 0 Å². The summed E-state index contributed by atoms with van der Waals surface area (Å²) < 4.78 is 2.23. The Bertz CT molecular complexity index is 300. The third-order valence-electron chi connectivity index (χ3n) is 2.14. The van der Waals surface area contributed by atoms with Crippen LogP contribution in [0, 0.1) is 0 Å². The molecule has 6 heteroatoms. The first-order valence-corrected chi connectivity index (χ1v) is 6.00. The van der Waals surface area contributed by atoms with Gasteiger partial charge in [-0.1, -0.05) is 0 Å². The lowest BCUT2D eigenvalue weighted by molar-refractivity contribution is 0.620. The Labute approximate surface area is 104 Å². The molecule has 0 amide bonds. The van der Waals surface area contributed by atoms with Crippen LogP contribution in [-0.4, -0.2) is 0 Å². The van der Waals surface area contributed by atoms with Gasteiger partial charge in [0.15, 0.2) is 0 Å². The maximum atomic E-state index is 5.93. The largest absolute Gasteiger partial charge is 0.324 e. The van der Waals surface area contributed by atoms with Crippen molar-refractivity contribution in [3.63, 3.8) is 0 Å². The average Bonchev–Trinajstić information content (AvgIpc) is 2.38. The van der Waals surface area contributed by atoms with Gasteiger partial charge in [0.2, 0.25) is 0 Å². The number of halogens is 3. The van der Waals surface area contributed by atoms with E-state index in [4.69, 9.17) is 11.5 Å². The Morgan fingerprint density at radius 2 is 1.46 bits per heavy atom. The Balaban J connectivity index is 0.000000845. The molecule has 1 heterocycles. The van der Waals surface area contributed by atoms with Crippen molar-refractivity contribution in [2.24, 2.45) is 11.5 Å². The van der Waals surface area contributed by atoms with Crippen LogP contribution in [0.25, 0.3) is 0 Å². The molecule has 0 aliphatic heterocycles. The molecule has 2 rings (SSSR count). The van der Waals surface area contributed by atoms with Gasteiger partial charge in [-0.25, -0.2) is 0 Å². The van der Waals surface area contributed by atoms with Gasteiger partial charge in [-0.2, -0.15) is 0 Å². The van der Waals surface area contributed by atoms with Gasteiger partial charge in [-0.3, -0.25) is 0 Å². The van der Waals surface area contributed by atoms with Crippen LogP contribution in [0.5, 0.6) is 0 Å². The predicted octanol–water partition coefficient (Wildman–Crippen LogP) is 3.10. The summed E-state index contributed by atoms with van der Waals surface area (Å²) in [5.74, 6) is 0. The van der Waals surface area contributed by atoms with Gasteiger partial charge in [-0.05, 0) is 49.4 Å². The lowest BCUT2D eigenvalue weighted by Gasteiger charge is -2.02.